The van der Waals surface area contributed by atoms with Crippen LogP contribution in [0.5, 0.6) is 0 Å². The van der Waals surface area contributed by atoms with Gasteiger partial charge in [-0.3, -0.25) is 0 Å². The van der Waals surface area contributed by atoms with Gasteiger partial charge in [-0.1, -0.05) is 31.9 Å². The molecule has 0 bridgehead atoms. The van der Waals surface area contributed by atoms with Crippen LogP contribution in [-0.2, 0) is 4.74 Å². The Morgan fingerprint density at radius 3 is 1.44 bits per heavy atom. The molecule has 43 heavy (non-hydrogen) atoms. The molecule has 0 unspecified atom stereocenters. The summed E-state index contributed by atoms with van der Waals surface area (Å²) in [4.78, 5) is 12.0. The second kappa shape index (κ2) is 11.5. The highest BCUT2D eigenvalue weighted by atomic mass is 19.4. The van der Waals surface area contributed by atoms with Crippen LogP contribution in [0.15, 0.2) is 24.3 Å². The van der Waals surface area contributed by atoms with Crippen LogP contribution in [0.1, 0.15) is 74.2 Å². The largest absolute Gasteiger partial charge is 0.473 e. The molecule has 0 amide bonds. The Hall–Kier alpha value is -2.43. The van der Waals surface area contributed by atoms with Gasteiger partial charge in [0.1, 0.15) is 0 Å². The monoisotopic (exact) mass is 660 g/mol. The molecular formula is C25H24F16O2. The first kappa shape index (κ1) is 36.8. The van der Waals surface area contributed by atoms with Gasteiger partial charge >= 0.3 is 53.5 Å². The maximum Gasteiger partial charge on any atom is 0.473 e. The van der Waals surface area contributed by atoms with Gasteiger partial charge in [0.2, 0.25) is 0 Å². The summed E-state index contributed by atoms with van der Waals surface area (Å²) in [6.07, 6.45) is -2.17. The summed E-state index contributed by atoms with van der Waals surface area (Å²) in [5, 5.41) is 0. The number of hydrogen-bond acceptors (Lipinski definition) is 2. The predicted molar refractivity (Wildman–Crippen MR) is 117 cm³/mol. The number of benzene rings is 1. The molecule has 0 spiro atoms. The van der Waals surface area contributed by atoms with Crippen LogP contribution in [0.25, 0.3) is 0 Å². The fourth-order valence-corrected chi connectivity index (χ4v) is 4.57. The minimum absolute atomic E-state index is 0.0651. The van der Waals surface area contributed by atoms with E-state index in [4.69, 9.17) is 0 Å². The minimum Gasteiger partial charge on any atom is -0.392 e. The molecule has 1 aromatic carbocycles. The topological polar surface area (TPSA) is 26.3 Å². The summed E-state index contributed by atoms with van der Waals surface area (Å²) in [7, 11) is 0. The molecule has 2 nitrogen and oxygen atoms in total. The molecule has 0 saturated heterocycles. The van der Waals surface area contributed by atoms with Gasteiger partial charge in [0.05, 0.1) is 5.56 Å². The third-order valence-corrected chi connectivity index (χ3v) is 7.27. The maximum atomic E-state index is 14.0. The van der Waals surface area contributed by atoms with E-state index in [0.717, 1.165) is 37.8 Å². The maximum absolute atomic E-state index is 14.0. The van der Waals surface area contributed by atoms with E-state index in [0.29, 0.717) is 36.5 Å². The van der Waals surface area contributed by atoms with E-state index in [1.54, 1.807) is 0 Å². The van der Waals surface area contributed by atoms with Crippen LogP contribution in [0.2, 0.25) is 0 Å². The molecule has 0 aromatic heterocycles. The van der Waals surface area contributed by atoms with Crippen molar-refractivity contribution in [1.29, 1.82) is 0 Å². The molecule has 0 N–H and O–H groups in total. The third kappa shape index (κ3) is 5.99. The van der Waals surface area contributed by atoms with Gasteiger partial charge in [-0.25, -0.2) is 4.79 Å². The fraction of sp³-hybridized carbons (Fsp3) is 0.720. The molecule has 1 aliphatic carbocycles. The number of ether oxygens (including phenoxy) is 1. The van der Waals surface area contributed by atoms with Crippen LogP contribution in [-0.4, -0.2) is 53.5 Å². The Labute approximate surface area is 233 Å². The molecule has 0 aliphatic heterocycles. The molecule has 0 atom stereocenters. The van der Waals surface area contributed by atoms with Crippen LogP contribution >= 0.6 is 0 Å². The highest BCUT2D eigenvalue weighted by molar-refractivity contribution is 5.89. The molecule has 18 heteroatoms. The minimum atomic E-state index is -8.57. The van der Waals surface area contributed by atoms with Crippen molar-refractivity contribution in [1.82, 2.24) is 0 Å². The second-order valence-electron chi connectivity index (χ2n) is 10.4. The zero-order valence-electron chi connectivity index (χ0n) is 22.1. The van der Waals surface area contributed by atoms with Crippen molar-refractivity contribution in [2.24, 2.45) is 5.92 Å². The van der Waals surface area contributed by atoms with E-state index < -0.39 is 66.0 Å². The third-order valence-electron chi connectivity index (χ3n) is 7.27. The first-order valence-corrected chi connectivity index (χ1v) is 12.5. The Bertz CT molecular complexity index is 1120. The van der Waals surface area contributed by atoms with E-state index >= 15 is 0 Å². The number of halogens is 16. The van der Waals surface area contributed by atoms with Crippen molar-refractivity contribution >= 4 is 5.97 Å². The van der Waals surface area contributed by atoms with Gasteiger partial charge in [-0.15, -0.1) is 0 Å². The van der Waals surface area contributed by atoms with Gasteiger partial charge in [0.15, 0.2) is 0 Å². The summed E-state index contributed by atoms with van der Waals surface area (Å²) < 4.78 is 221. The zero-order chi connectivity index (χ0) is 33.7. The van der Waals surface area contributed by atoms with E-state index in [-0.39, 0.29) is 5.92 Å². The summed E-state index contributed by atoms with van der Waals surface area (Å²) in [5.74, 6) is -57.8. The van der Waals surface area contributed by atoms with E-state index in [2.05, 4.69) is 4.74 Å². The number of carbonyl (C=O) groups is 1. The average Bonchev–Trinajstić information content (AvgIpc) is 2.87. The molecule has 1 saturated carbocycles. The molecule has 1 aliphatic rings. The lowest BCUT2D eigenvalue weighted by molar-refractivity contribution is -0.467. The van der Waals surface area contributed by atoms with E-state index in [1.807, 2.05) is 6.92 Å². The smallest absolute Gasteiger partial charge is 0.392 e. The first-order chi connectivity index (χ1) is 19.1. The molecule has 0 radical (unpaired) electrons. The SMILES string of the molecule is CCCC1CCC(c2ccc(C(=O)OC(F)(F)C(F)(F)C(F)(F)C(F)(F)C(F)(F)C(F)(F)C(F)(F)C(C)(F)F)cc2)CC1. The molecule has 248 valence electrons. The zero-order valence-corrected chi connectivity index (χ0v) is 22.1. The fourth-order valence-electron chi connectivity index (χ4n) is 4.57. The molecule has 2 rings (SSSR count). The molecule has 0 heterocycles. The Morgan fingerprint density at radius 2 is 1.05 bits per heavy atom. The lowest BCUT2D eigenvalue weighted by atomic mass is 9.77. The quantitative estimate of drug-likeness (QED) is 0.165. The number of alkyl halides is 16. The normalized spacial score (nSPS) is 20.2. The Morgan fingerprint density at radius 1 is 0.651 bits per heavy atom. The number of esters is 1. The van der Waals surface area contributed by atoms with Crippen LogP contribution in [0, 0.1) is 5.92 Å². The predicted octanol–water partition coefficient (Wildman–Crippen LogP) is 9.98. The summed E-state index contributed by atoms with van der Waals surface area (Å²) >= 11 is 0. The molecular weight excluding hydrogens is 636 g/mol. The van der Waals surface area contributed by atoms with Gasteiger partial charge in [-0.2, -0.15) is 70.2 Å². The van der Waals surface area contributed by atoms with Crippen molar-refractivity contribution in [2.45, 2.75) is 106 Å². The van der Waals surface area contributed by atoms with Crippen molar-refractivity contribution in [3.63, 3.8) is 0 Å². The van der Waals surface area contributed by atoms with Crippen molar-refractivity contribution in [3.8, 4) is 0 Å². The Kier molecular flexibility index (Phi) is 9.82. The van der Waals surface area contributed by atoms with Crippen LogP contribution < -0.4 is 0 Å². The summed E-state index contributed by atoms with van der Waals surface area (Å²) in [5.41, 5.74) is -0.497. The Balaban J connectivity index is 2.32. The highest BCUT2D eigenvalue weighted by Crippen LogP contribution is 2.63. The van der Waals surface area contributed by atoms with Gasteiger partial charge < -0.3 is 4.74 Å². The first-order valence-electron chi connectivity index (χ1n) is 12.5. The van der Waals surface area contributed by atoms with Crippen LogP contribution in [0.3, 0.4) is 0 Å². The highest BCUT2D eigenvalue weighted by Gasteiger charge is 2.95. The second-order valence-corrected chi connectivity index (χ2v) is 10.4. The molecule has 1 aromatic rings. The van der Waals surface area contributed by atoms with Gasteiger partial charge in [0, 0.05) is 6.92 Å². The van der Waals surface area contributed by atoms with Crippen molar-refractivity contribution in [3.05, 3.63) is 35.4 Å². The van der Waals surface area contributed by atoms with Gasteiger partial charge in [-0.05, 0) is 55.2 Å². The lowest BCUT2D eigenvalue weighted by Gasteiger charge is -2.42. The van der Waals surface area contributed by atoms with E-state index in [9.17, 15) is 75.0 Å². The number of rotatable bonds is 12. The van der Waals surface area contributed by atoms with E-state index in [1.165, 1.54) is 0 Å². The molecule has 1 fully saturated rings. The summed E-state index contributed by atoms with van der Waals surface area (Å²) in [6, 6.07) is 3.73. The van der Waals surface area contributed by atoms with Crippen LogP contribution in [0.4, 0.5) is 70.2 Å². The number of hydrogen-bond donors (Lipinski definition) is 0. The number of carbonyl (C=O) groups excluding carboxylic acids is 1. The van der Waals surface area contributed by atoms with Crippen molar-refractivity contribution < 1.29 is 79.8 Å². The lowest BCUT2D eigenvalue weighted by Crippen LogP contribution is -2.74. The van der Waals surface area contributed by atoms with Crippen molar-refractivity contribution in [2.75, 3.05) is 0 Å². The summed E-state index contributed by atoms with van der Waals surface area (Å²) in [6.45, 7) is 0.780. The average molecular weight is 660 g/mol. The van der Waals surface area contributed by atoms with Gasteiger partial charge in [0.25, 0.3) is 0 Å². The standard InChI is InChI=1S/C25H24F16O2/c1-3-4-13-5-7-14(8-6-13)15-9-11-16(12-10-15)17(42)43-25(40,41)24(38,39)23(36,37)22(34,35)21(32,33)20(30,31)19(28,29)18(2,26)27/h9-14H,3-8H2,1-2H3.